The zero-order valence-corrected chi connectivity index (χ0v) is 6.65. The maximum Gasteiger partial charge on any atom is 0.202 e. The zero-order chi connectivity index (χ0) is 8.39. The molecule has 0 aliphatic carbocycles. The Bertz CT molecular complexity index is 311. The van der Waals surface area contributed by atoms with E-state index < -0.39 is 0 Å². The summed E-state index contributed by atoms with van der Waals surface area (Å²) in [6.07, 6.45) is 5.80. The van der Waals surface area contributed by atoms with Gasteiger partial charge in [0.2, 0.25) is 5.82 Å². The lowest BCUT2D eigenvalue weighted by atomic mass is 10.1. The van der Waals surface area contributed by atoms with E-state index in [1.54, 1.807) is 0 Å². The van der Waals surface area contributed by atoms with E-state index in [1.165, 1.54) is 0 Å². The van der Waals surface area contributed by atoms with Gasteiger partial charge in [-0.3, -0.25) is 0 Å². The lowest BCUT2D eigenvalue weighted by Gasteiger charge is -2.15. The number of hydrogen-bond acceptors (Lipinski definition) is 4. The molecule has 0 radical (unpaired) electrons. The van der Waals surface area contributed by atoms with Crippen molar-refractivity contribution in [2.24, 2.45) is 0 Å². The second kappa shape index (κ2) is 2.77. The summed E-state index contributed by atoms with van der Waals surface area (Å²) in [4.78, 5) is 0. The number of allylic oxidation sites excluding steroid dienone is 2. The highest BCUT2D eigenvalue weighted by molar-refractivity contribution is 5.66. The fourth-order valence-corrected chi connectivity index (χ4v) is 1.14. The van der Waals surface area contributed by atoms with E-state index in [1.807, 2.05) is 25.3 Å². The molecule has 1 aliphatic rings. The summed E-state index contributed by atoms with van der Waals surface area (Å²) in [6.45, 7) is 2.05. The Morgan fingerprint density at radius 2 is 2.42 bits per heavy atom. The molecular weight excluding hydrogens is 154 g/mol. The number of nitrogens with one attached hydrogen (secondary N) is 2. The number of nitrogens with zero attached hydrogens (tertiary/aromatic N) is 3. The first-order valence-electron chi connectivity index (χ1n) is 3.74. The Kier molecular flexibility index (Phi) is 1.62. The van der Waals surface area contributed by atoms with Gasteiger partial charge in [-0.25, -0.2) is 0 Å². The van der Waals surface area contributed by atoms with Gasteiger partial charge in [0, 0.05) is 5.57 Å². The Balaban J connectivity index is 2.34. The van der Waals surface area contributed by atoms with Crippen LogP contribution in [-0.2, 0) is 0 Å². The molecule has 0 bridgehead atoms. The molecule has 5 nitrogen and oxygen atoms in total. The third-order valence-electron chi connectivity index (χ3n) is 1.79. The lowest BCUT2D eigenvalue weighted by molar-refractivity contribution is 0.770. The van der Waals surface area contributed by atoms with Crippen molar-refractivity contribution >= 4 is 5.57 Å². The normalized spacial score (nSPS) is 21.8. The van der Waals surface area contributed by atoms with Crippen LogP contribution in [-0.4, -0.2) is 26.7 Å². The summed E-state index contributed by atoms with van der Waals surface area (Å²) < 4.78 is 0. The van der Waals surface area contributed by atoms with Gasteiger partial charge >= 0.3 is 0 Å². The number of hydrogen-bond donors (Lipinski definition) is 2. The first kappa shape index (κ1) is 7.02. The molecule has 0 aromatic carbocycles. The maximum atomic E-state index is 3.90. The van der Waals surface area contributed by atoms with Crippen LogP contribution in [0.15, 0.2) is 18.4 Å². The number of aromatic amines is 1. The number of rotatable bonds is 1. The molecule has 0 amide bonds. The van der Waals surface area contributed by atoms with Crippen LogP contribution in [0.2, 0.25) is 0 Å². The van der Waals surface area contributed by atoms with Crippen LogP contribution in [0.3, 0.4) is 0 Å². The third-order valence-corrected chi connectivity index (χ3v) is 1.79. The maximum absolute atomic E-state index is 3.90. The van der Waals surface area contributed by atoms with Crippen LogP contribution in [0.1, 0.15) is 12.7 Å². The van der Waals surface area contributed by atoms with Gasteiger partial charge in [0.05, 0.1) is 6.04 Å². The van der Waals surface area contributed by atoms with Crippen molar-refractivity contribution in [3.8, 4) is 0 Å². The number of aromatic nitrogens is 4. The molecule has 2 heterocycles. The minimum absolute atomic E-state index is 0.243. The Morgan fingerprint density at radius 1 is 1.50 bits per heavy atom. The molecule has 1 atom stereocenters. The highest BCUT2D eigenvalue weighted by atomic mass is 15.5. The Hall–Kier alpha value is -1.65. The average Bonchev–Trinajstić information content (AvgIpc) is 2.57. The minimum atomic E-state index is 0.243. The van der Waals surface area contributed by atoms with E-state index in [4.69, 9.17) is 0 Å². The Morgan fingerprint density at radius 3 is 3.08 bits per heavy atom. The molecule has 62 valence electrons. The molecule has 1 aromatic heterocycles. The van der Waals surface area contributed by atoms with Crippen LogP contribution in [0.4, 0.5) is 0 Å². The highest BCUT2D eigenvalue weighted by Gasteiger charge is 2.14. The van der Waals surface area contributed by atoms with Gasteiger partial charge in [0.1, 0.15) is 0 Å². The van der Waals surface area contributed by atoms with Crippen molar-refractivity contribution in [3.63, 3.8) is 0 Å². The molecule has 1 aromatic rings. The van der Waals surface area contributed by atoms with Gasteiger partial charge in [-0.1, -0.05) is 6.08 Å². The van der Waals surface area contributed by atoms with Crippen molar-refractivity contribution in [1.29, 1.82) is 0 Å². The Labute approximate surface area is 69.6 Å². The van der Waals surface area contributed by atoms with Crippen molar-refractivity contribution in [3.05, 3.63) is 24.2 Å². The van der Waals surface area contributed by atoms with Gasteiger partial charge in [-0.05, 0) is 24.4 Å². The standard InChI is InChI=1S/C7H9N5/c1-5-6(3-2-4-8-5)7-9-11-12-10-7/h2-5,8H,1H3,(H,9,10,11,12). The number of tetrazole rings is 1. The molecule has 0 spiro atoms. The summed E-state index contributed by atoms with van der Waals surface area (Å²) in [5.41, 5.74) is 1.05. The SMILES string of the molecule is CC1NC=CC=C1c1nn[nH]n1. The van der Waals surface area contributed by atoms with Crippen LogP contribution in [0.5, 0.6) is 0 Å². The van der Waals surface area contributed by atoms with Crippen LogP contribution >= 0.6 is 0 Å². The van der Waals surface area contributed by atoms with Crippen molar-refractivity contribution in [1.82, 2.24) is 25.9 Å². The van der Waals surface area contributed by atoms with E-state index in [-0.39, 0.29) is 6.04 Å². The van der Waals surface area contributed by atoms with E-state index in [2.05, 4.69) is 25.9 Å². The summed E-state index contributed by atoms with van der Waals surface area (Å²) >= 11 is 0. The highest BCUT2D eigenvalue weighted by Crippen LogP contribution is 2.15. The van der Waals surface area contributed by atoms with Gasteiger partial charge in [0.25, 0.3) is 0 Å². The molecule has 0 saturated heterocycles. The van der Waals surface area contributed by atoms with Gasteiger partial charge in [0.15, 0.2) is 0 Å². The predicted octanol–water partition coefficient (Wildman–Crippen LogP) is 0.0885. The fraction of sp³-hybridized carbons (Fsp3) is 0.286. The molecule has 1 aliphatic heterocycles. The quantitative estimate of drug-likeness (QED) is 0.615. The smallest absolute Gasteiger partial charge is 0.202 e. The average molecular weight is 163 g/mol. The van der Waals surface area contributed by atoms with E-state index in [0.717, 1.165) is 5.57 Å². The minimum Gasteiger partial charge on any atom is -0.384 e. The van der Waals surface area contributed by atoms with Gasteiger partial charge in [-0.15, -0.1) is 10.2 Å². The second-order valence-electron chi connectivity index (χ2n) is 2.60. The van der Waals surface area contributed by atoms with E-state index >= 15 is 0 Å². The molecule has 0 fully saturated rings. The second-order valence-corrected chi connectivity index (χ2v) is 2.60. The zero-order valence-electron chi connectivity index (χ0n) is 6.65. The van der Waals surface area contributed by atoms with Gasteiger partial charge < -0.3 is 5.32 Å². The van der Waals surface area contributed by atoms with Crippen molar-refractivity contribution in [2.75, 3.05) is 0 Å². The molecule has 1 unspecified atom stereocenters. The molecule has 0 saturated carbocycles. The molecule has 12 heavy (non-hydrogen) atoms. The van der Waals surface area contributed by atoms with Crippen molar-refractivity contribution in [2.45, 2.75) is 13.0 Å². The molecule has 2 N–H and O–H groups in total. The molecule has 2 rings (SSSR count). The first-order valence-corrected chi connectivity index (χ1v) is 3.74. The van der Waals surface area contributed by atoms with Gasteiger partial charge in [-0.2, -0.15) is 5.21 Å². The topological polar surface area (TPSA) is 66.5 Å². The van der Waals surface area contributed by atoms with Crippen LogP contribution in [0.25, 0.3) is 5.57 Å². The number of H-pyrrole nitrogens is 1. The third kappa shape index (κ3) is 1.09. The fourth-order valence-electron chi connectivity index (χ4n) is 1.14. The summed E-state index contributed by atoms with van der Waals surface area (Å²) in [5, 5.41) is 16.9. The lowest BCUT2D eigenvalue weighted by Crippen LogP contribution is -2.24. The monoisotopic (exact) mass is 163 g/mol. The van der Waals surface area contributed by atoms with E-state index in [9.17, 15) is 0 Å². The van der Waals surface area contributed by atoms with Crippen LogP contribution in [0, 0.1) is 0 Å². The number of dihydropyridines is 1. The first-order chi connectivity index (χ1) is 5.88. The predicted molar refractivity (Wildman–Crippen MR) is 43.9 cm³/mol. The van der Waals surface area contributed by atoms with E-state index in [0.29, 0.717) is 5.82 Å². The van der Waals surface area contributed by atoms with Crippen LogP contribution < -0.4 is 5.32 Å². The molecular formula is C7H9N5. The summed E-state index contributed by atoms with van der Waals surface area (Å²) in [7, 11) is 0. The van der Waals surface area contributed by atoms with Crippen molar-refractivity contribution < 1.29 is 0 Å². The summed E-state index contributed by atoms with van der Waals surface area (Å²) in [5.74, 6) is 0.652. The largest absolute Gasteiger partial charge is 0.384 e. The summed E-state index contributed by atoms with van der Waals surface area (Å²) in [6, 6.07) is 0.243. The molecule has 5 heteroatoms.